The average Bonchev–Trinajstić information content (AvgIpc) is 2.18. The Morgan fingerprint density at radius 1 is 1.31 bits per heavy atom. The summed E-state index contributed by atoms with van der Waals surface area (Å²) in [5.41, 5.74) is 1.24. The molecule has 1 N–H and O–H groups in total. The van der Waals surface area contributed by atoms with E-state index in [2.05, 4.69) is 18.5 Å². The molecule has 0 amide bonds. The van der Waals surface area contributed by atoms with Crippen LogP contribution in [0.3, 0.4) is 0 Å². The van der Waals surface area contributed by atoms with Crippen molar-refractivity contribution in [2.45, 2.75) is 39.0 Å². The smallest absolute Gasteiger partial charge is 0.00489 e. The van der Waals surface area contributed by atoms with Crippen molar-refractivity contribution in [3.8, 4) is 0 Å². The monoisotopic (exact) mass is 181 g/mol. The fourth-order valence-corrected chi connectivity index (χ4v) is 1.15. The zero-order chi connectivity index (χ0) is 9.94. The van der Waals surface area contributed by atoms with Gasteiger partial charge in [-0.2, -0.15) is 0 Å². The van der Waals surface area contributed by atoms with Crippen LogP contribution in [0, 0.1) is 0 Å². The molecule has 0 saturated carbocycles. The SMILES string of the molecule is C1CCNCC1.C=CCCC(=C)C. The summed E-state index contributed by atoms with van der Waals surface area (Å²) in [6.45, 7) is 11.9. The average molecular weight is 181 g/mol. The molecule has 1 rings (SSSR count). The first-order valence-electron chi connectivity index (χ1n) is 5.23. The van der Waals surface area contributed by atoms with Gasteiger partial charge in [0.1, 0.15) is 0 Å². The van der Waals surface area contributed by atoms with Crippen LogP contribution >= 0.6 is 0 Å². The Morgan fingerprint density at radius 2 is 1.92 bits per heavy atom. The van der Waals surface area contributed by atoms with Gasteiger partial charge in [-0.15, -0.1) is 13.2 Å². The second-order valence-electron chi connectivity index (χ2n) is 3.60. The highest BCUT2D eigenvalue weighted by Gasteiger charge is 1.93. The molecule has 1 aliphatic rings. The van der Waals surface area contributed by atoms with Crippen molar-refractivity contribution in [1.29, 1.82) is 0 Å². The minimum Gasteiger partial charge on any atom is -0.317 e. The minimum absolute atomic E-state index is 1.06. The fraction of sp³-hybridized carbons (Fsp3) is 0.667. The molecule has 0 aromatic heterocycles. The number of nitrogens with one attached hydrogen (secondary N) is 1. The van der Waals surface area contributed by atoms with Crippen LogP contribution in [0.2, 0.25) is 0 Å². The Hall–Kier alpha value is -0.560. The zero-order valence-corrected chi connectivity index (χ0v) is 8.94. The summed E-state index contributed by atoms with van der Waals surface area (Å²) in [4.78, 5) is 0. The van der Waals surface area contributed by atoms with Crippen molar-refractivity contribution in [2.75, 3.05) is 13.1 Å². The lowest BCUT2D eigenvalue weighted by atomic mass is 10.2. The molecule has 0 aromatic carbocycles. The molecule has 0 atom stereocenters. The van der Waals surface area contributed by atoms with E-state index in [1.807, 2.05) is 13.0 Å². The Balaban J connectivity index is 0.000000223. The predicted octanol–water partition coefficient (Wildman–Crippen LogP) is 3.29. The van der Waals surface area contributed by atoms with Crippen molar-refractivity contribution >= 4 is 0 Å². The van der Waals surface area contributed by atoms with Gasteiger partial charge in [-0.1, -0.05) is 18.1 Å². The zero-order valence-electron chi connectivity index (χ0n) is 8.94. The van der Waals surface area contributed by atoms with Gasteiger partial charge in [0.05, 0.1) is 0 Å². The second-order valence-corrected chi connectivity index (χ2v) is 3.60. The molecule has 0 unspecified atom stereocenters. The Bertz CT molecular complexity index is 123. The van der Waals surface area contributed by atoms with Crippen LogP contribution in [-0.4, -0.2) is 13.1 Å². The topological polar surface area (TPSA) is 12.0 Å². The van der Waals surface area contributed by atoms with Gasteiger partial charge in [0.15, 0.2) is 0 Å². The fourth-order valence-electron chi connectivity index (χ4n) is 1.15. The van der Waals surface area contributed by atoms with Crippen molar-refractivity contribution < 1.29 is 0 Å². The molecule has 1 saturated heterocycles. The molecule has 1 fully saturated rings. The third kappa shape index (κ3) is 11.4. The van der Waals surface area contributed by atoms with Gasteiger partial charge < -0.3 is 5.32 Å². The standard InChI is InChI=1S/C7H12.C5H11N/c1-4-5-6-7(2)3;1-2-4-6-5-3-1/h4H,1-2,5-6H2,3H3;6H,1-5H2. The number of hydrogen-bond acceptors (Lipinski definition) is 1. The van der Waals surface area contributed by atoms with Crippen LogP contribution in [0.4, 0.5) is 0 Å². The first-order chi connectivity index (χ1) is 6.27. The molecule has 13 heavy (non-hydrogen) atoms. The summed E-state index contributed by atoms with van der Waals surface area (Å²) < 4.78 is 0. The lowest BCUT2D eigenvalue weighted by Crippen LogP contribution is -2.21. The van der Waals surface area contributed by atoms with E-state index in [-0.39, 0.29) is 0 Å². The number of rotatable bonds is 3. The predicted molar refractivity (Wildman–Crippen MR) is 61.0 cm³/mol. The normalized spacial score (nSPS) is 15.5. The molecule has 1 aliphatic heterocycles. The van der Waals surface area contributed by atoms with E-state index in [4.69, 9.17) is 0 Å². The minimum atomic E-state index is 1.06. The van der Waals surface area contributed by atoms with Crippen molar-refractivity contribution in [2.24, 2.45) is 0 Å². The highest BCUT2D eigenvalue weighted by molar-refractivity contribution is 4.89. The molecule has 1 heterocycles. The third-order valence-corrected chi connectivity index (χ3v) is 1.98. The van der Waals surface area contributed by atoms with E-state index < -0.39 is 0 Å². The Morgan fingerprint density at radius 3 is 2.08 bits per heavy atom. The molecule has 0 spiro atoms. The molecule has 0 bridgehead atoms. The second kappa shape index (κ2) is 9.53. The van der Waals surface area contributed by atoms with E-state index in [1.165, 1.54) is 37.9 Å². The summed E-state index contributed by atoms with van der Waals surface area (Å²) in [7, 11) is 0. The third-order valence-electron chi connectivity index (χ3n) is 1.98. The van der Waals surface area contributed by atoms with Gasteiger partial charge in [0.25, 0.3) is 0 Å². The maximum atomic E-state index is 3.74. The van der Waals surface area contributed by atoms with Crippen LogP contribution in [0.5, 0.6) is 0 Å². The van der Waals surface area contributed by atoms with Crippen LogP contribution in [0.1, 0.15) is 39.0 Å². The molecule has 0 aliphatic carbocycles. The van der Waals surface area contributed by atoms with E-state index in [1.54, 1.807) is 0 Å². The highest BCUT2D eigenvalue weighted by Crippen LogP contribution is 1.98. The molecule has 0 radical (unpaired) electrons. The molecule has 1 heteroatoms. The Labute approximate surface area is 82.9 Å². The summed E-state index contributed by atoms with van der Waals surface area (Å²) in [6.07, 6.45) is 8.28. The van der Waals surface area contributed by atoms with Crippen LogP contribution in [0.15, 0.2) is 24.8 Å². The number of piperidine rings is 1. The van der Waals surface area contributed by atoms with Crippen LogP contribution in [-0.2, 0) is 0 Å². The van der Waals surface area contributed by atoms with E-state index in [0.29, 0.717) is 0 Å². The summed E-state index contributed by atoms with van der Waals surface area (Å²) in [5.74, 6) is 0. The van der Waals surface area contributed by atoms with Gasteiger partial charge >= 0.3 is 0 Å². The first kappa shape index (κ1) is 12.4. The van der Waals surface area contributed by atoms with Crippen molar-refractivity contribution in [3.63, 3.8) is 0 Å². The summed E-state index contributed by atoms with van der Waals surface area (Å²) in [6, 6.07) is 0. The molecule has 0 aromatic rings. The van der Waals surface area contributed by atoms with E-state index in [9.17, 15) is 0 Å². The van der Waals surface area contributed by atoms with Crippen molar-refractivity contribution in [3.05, 3.63) is 24.8 Å². The molecular formula is C12H23N. The largest absolute Gasteiger partial charge is 0.317 e. The van der Waals surface area contributed by atoms with Gasteiger partial charge in [0, 0.05) is 0 Å². The van der Waals surface area contributed by atoms with Crippen LogP contribution in [0.25, 0.3) is 0 Å². The van der Waals surface area contributed by atoms with E-state index >= 15 is 0 Å². The van der Waals surface area contributed by atoms with Crippen LogP contribution < -0.4 is 5.32 Å². The summed E-state index contributed by atoms with van der Waals surface area (Å²) >= 11 is 0. The van der Waals surface area contributed by atoms with Gasteiger partial charge in [0.2, 0.25) is 0 Å². The first-order valence-corrected chi connectivity index (χ1v) is 5.23. The Kier molecular flexibility index (Phi) is 9.12. The van der Waals surface area contributed by atoms with Gasteiger partial charge in [-0.3, -0.25) is 0 Å². The summed E-state index contributed by atoms with van der Waals surface area (Å²) in [5, 5.41) is 3.28. The van der Waals surface area contributed by atoms with Gasteiger partial charge in [-0.05, 0) is 45.7 Å². The quantitative estimate of drug-likeness (QED) is 0.659. The highest BCUT2D eigenvalue weighted by atomic mass is 14.9. The van der Waals surface area contributed by atoms with Gasteiger partial charge in [-0.25, -0.2) is 0 Å². The maximum absolute atomic E-state index is 3.74. The lowest BCUT2D eigenvalue weighted by Gasteiger charge is -2.08. The molecule has 76 valence electrons. The maximum Gasteiger partial charge on any atom is -0.00489 e. The molecule has 1 nitrogen and oxygen atoms in total. The number of allylic oxidation sites excluding steroid dienone is 2. The lowest BCUT2D eigenvalue weighted by molar-refractivity contribution is 0.520. The van der Waals surface area contributed by atoms with E-state index in [0.717, 1.165) is 12.8 Å². The van der Waals surface area contributed by atoms with Crippen molar-refractivity contribution in [1.82, 2.24) is 5.32 Å². The number of hydrogen-bond donors (Lipinski definition) is 1. The molecular weight excluding hydrogens is 158 g/mol.